The number of rotatable bonds is 5. The summed E-state index contributed by atoms with van der Waals surface area (Å²) < 4.78 is 1.82. The van der Waals surface area contributed by atoms with E-state index in [1.165, 1.54) is 22.5 Å². The number of carbonyl (C=O) groups excluding carboxylic acids is 2. The van der Waals surface area contributed by atoms with Crippen LogP contribution in [0.4, 0.5) is 0 Å². The number of hydrogen-bond donors (Lipinski definition) is 1. The standard InChI is InChI=1S/C26H26N4O2S/c1-16-8-9-19(14-17(16)2)21-6-4-5-7-22(21)25(32)29-11-10-20(29)15-27-24(31)23-18(3)28-26-30(23)12-13-33-26/h4-9,12-14,20H,10-11,15H2,1-3H3,(H,27,31)/t20-/m0/s1. The molecular weight excluding hydrogens is 432 g/mol. The normalized spacial score (nSPS) is 15.5. The van der Waals surface area contributed by atoms with E-state index in [9.17, 15) is 9.59 Å². The van der Waals surface area contributed by atoms with Gasteiger partial charge in [-0.3, -0.25) is 14.0 Å². The number of imidazole rings is 1. The first kappa shape index (κ1) is 21.4. The van der Waals surface area contributed by atoms with Gasteiger partial charge in [0.2, 0.25) is 0 Å². The zero-order chi connectivity index (χ0) is 23.1. The van der Waals surface area contributed by atoms with Crippen molar-refractivity contribution in [2.75, 3.05) is 13.1 Å². The van der Waals surface area contributed by atoms with Crippen molar-refractivity contribution in [3.63, 3.8) is 0 Å². The van der Waals surface area contributed by atoms with E-state index in [1.54, 1.807) is 0 Å². The first-order valence-corrected chi connectivity index (χ1v) is 12.0. The Morgan fingerprint density at radius 1 is 1.12 bits per heavy atom. The van der Waals surface area contributed by atoms with Gasteiger partial charge in [0.1, 0.15) is 5.69 Å². The van der Waals surface area contributed by atoms with E-state index in [4.69, 9.17) is 0 Å². The minimum absolute atomic E-state index is 0.00934. The molecule has 0 unspecified atom stereocenters. The Labute approximate surface area is 196 Å². The Morgan fingerprint density at radius 3 is 2.70 bits per heavy atom. The molecule has 2 amide bonds. The minimum atomic E-state index is -0.159. The number of benzene rings is 2. The highest BCUT2D eigenvalue weighted by Gasteiger charge is 2.34. The molecule has 7 heteroatoms. The quantitative estimate of drug-likeness (QED) is 0.474. The van der Waals surface area contributed by atoms with Gasteiger partial charge >= 0.3 is 0 Å². The third-order valence-corrected chi connectivity index (χ3v) is 7.29. The average Bonchev–Trinajstić information content (AvgIpc) is 3.34. The zero-order valence-corrected chi connectivity index (χ0v) is 19.8. The summed E-state index contributed by atoms with van der Waals surface area (Å²) in [6.45, 7) is 7.14. The molecule has 1 aliphatic rings. The zero-order valence-electron chi connectivity index (χ0n) is 19.0. The molecule has 3 heterocycles. The Morgan fingerprint density at radius 2 is 1.94 bits per heavy atom. The fourth-order valence-electron chi connectivity index (χ4n) is 4.37. The molecule has 2 aromatic carbocycles. The summed E-state index contributed by atoms with van der Waals surface area (Å²) in [5, 5.41) is 4.93. The predicted octanol–water partition coefficient (Wildman–Crippen LogP) is 4.63. The van der Waals surface area contributed by atoms with Gasteiger partial charge in [0.25, 0.3) is 11.8 Å². The Hall–Kier alpha value is -3.45. The first-order valence-electron chi connectivity index (χ1n) is 11.1. The van der Waals surface area contributed by atoms with Crippen LogP contribution < -0.4 is 5.32 Å². The minimum Gasteiger partial charge on any atom is -0.349 e. The maximum atomic E-state index is 13.5. The molecule has 1 fully saturated rings. The van der Waals surface area contributed by atoms with Crippen LogP contribution in [0, 0.1) is 20.8 Å². The number of likely N-dealkylation sites (tertiary alicyclic amines) is 1. The third-order valence-electron chi connectivity index (χ3n) is 6.53. The number of thiazole rings is 1. The number of aryl methyl sites for hydroxylation is 3. The lowest BCUT2D eigenvalue weighted by Crippen LogP contribution is -2.56. The van der Waals surface area contributed by atoms with Crippen molar-refractivity contribution in [2.24, 2.45) is 0 Å². The molecule has 1 saturated heterocycles. The van der Waals surface area contributed by atoms with E-state index in [2.05, 4.69) is 42.3 Å². The van der Waals surface area contributed by atoms with Crippen LogP contribution in [0.5, 0.6) is 0 Å². The Kier molecular flexibility index (Phi) is 5.50. The maximum absolute atomic E-state index is 13.5. The lowest BCUT2D eigenvalue weighted by Gasteiger charge is -2.41. The summed E-state index contributed by atoms with van der Waals surface area (Å²) in [6.07, 6.45) is 2.73. The highest BCUT2D eigenvalue weighted by molar-refractivity contribution is 7.15. The van der Waals surface area contributed by atoms with Gasteiger partial charge in [-0.25, -0.2) is 4.98 Å². The van der Waals surface area contributed by atoms with Crippen LogP contribution in [0.25, 0.3) is 16.1 Å². The monoisotopic (exact) mass is 458 g/mol. The number of amides is 2. The lowest BCUT2D eigenvalue weighted by molar-refractivity contribution is 0.0456. The largest absolute Gasteiger partial charge is 0.349 e. The van der Waals surface area contributed by atoms with Crippen molar-refractivity contribution in [1.82, 2.24) is 19.6 Å². The number of nitrogens with one attached hydrogen (secondary N) is 1. The second kappa shape index (κ2) is 8.48. The topological polar surface area (TPSA) is 66.7 Å². The number of aromatic nitrogens is 2. The Bertz CT molecular complexity index is 1370. The van der Waals surface area contributed by atoms with Gasteiger partial charge in [-0.05, 0) is 55.5 Å². The molecule has 1 N–H and O–H groups in total. The van der Waals surface area contributed by atoms with Crippen molar-refractivity contribution in [3.8, 4) is 11.1 Å². The maximum Gasteiger partial charge on any atom is 0.270 e. The van der Waals surface area contributed by atoms with Gasteiger partial charge in [0, 0.05) is 30.2 Å². The van der Waals surface area contributed by atoms with Crippen LogP contribution in [0.15, 0.2) is 54.0 Å². The molecule has 33 heavy (non-hydrogen) atoms. The summed E-state index contributed by atoms with van der Waals surface area (Å²) >= 11 is 1.50. The second-order valence-electron chi connectivity index (χ2n) is 8.60. The fraction of sp³-hybridized carbons (Fsp3) is 0.269. The molecule has 0 bridgehead atoms. The number of hydrogen-bond acceptors (Lipinski definition) is 4. The van der Waals surface area contributed by atoms with Gasteiger partial charge in [-0.15, -0.1) is 11.3 Å². The molecule has 1 aliphatic heterocycles. The van der Waals surface area contributed by atoms with E-state index in [0.29, 0.717) is 30.0 Å². The van der Waals surface area contributed by atoms with Crippen molar-refractivity contribution in [3.05, 3.63) is 82.1 Å². The number of fused-ring (bicyclic) bond motifs is 1. The molecule has 0 radical (unpaired) electrons. The Balaban J connectivity index is 1.31. The number of nitrogens with zero attached hydrogens (tertiary/aromatic N) is 3. The lowest BCUT2D eigenvalue weighted by atomic mass is 9.94. The molecule has 5 rings (SSSR count). The SMILES string of the molecule is Cc1ccc(-c2ccccc2C(=O)N2CC[C@H]2CNC(=O)c2c(C)nc3sccn23)cc1C. The van der Waals surface area contributed by atoms with Crippen molar-refractivity contribution in [1.29, 1.82) is 0 Å². The van der Waals surface area contributed by atoms with Crippen LogP contribution in [-0.2, 0) is 0 Å². The molecule has 6 nitrogen and oxygen atoms in total. The van der Waals surface area contributed by atoms with Crippen LogP contribution in [0.2, 0.25) is 0 Å². The summed E-state index contributed by atoms with van der Waals surface area (Å²) in [5.74, 6) is -0.150. The van der Waals surface area contributed by atoms with Crippen molar-refractivity contribution in [2.45, 2.75) is 33.2 Å². The first-order chi connectivity index (χ1) is 15.9. The van der Waals surface area contributed by atoms with Gasteiger partial charge < -0.3 is 10.2 Å². The van der Waals surface area contributed by atoms with Crippen LogP contribution in [-0.4, -0.2) is 45.2 Å². The molecule has 0 aliphatic carbocycles. The molecule has 1 atom stereocenters. The molecule has 168 valence electrons. The summed E-state index contributed by atoms with van der Waals surface area (Å²) in [7, 11) is 0. The highest BCUT2D eigenvalue weighted by Crippen LogP contribution is 2.29. The average molecular weight is 459 g/mol. The van der Waals surface area contributed by atoms with E-state index in [-0.39, 0.29) is 17.9 Å². The summed E-state index contributed by atoms with van der Waals surface area (Å²) in [5.41, 5.74) is 6.39. The van der Waals surface area contributed by atoms with Crippen molar-refractivity contribution >= 4 is 28.1 Å². The van der Waals surface area contributed by atoms with Gasteiger partial charge in [0.05, 0.1) is 11.7 Å². The van der Waals surface area contributed by atoms with E-state index >= 15 is 0 Å². The van der Waals surface area contributed by atoms with Crippen LogP contribution in [0.3, 0.4) is 0 Å². The van der Waals surface area contributed by atoms with E-state index < -0.39 is 0 Å². The summed E-state index contributed by atoms with van der Waals surface area (Å²) in [6, 6.07) is 14.1. The van der Waals surface area contributed by atoms with Crippen molar-refractivity contribution < 1.29 is 9.59 Å². The van der Waals surface area contributed by atoms with E-state index in [1.807, 2.05) is 52.1 Å². The van der Waals surface area contributed by atoms with Gasteiger partial charge in [0.15, 0.2) is 4.96 Å². The molecule has 0 spiro atoms. The number of carbonyl (C=O) groups is 2. The summed E-state index contributed by atoms with van der Waals surface area (Å²) in [4.78, 5) is 33.4. The molecular formula is C26H26N4O2S. The van der Waals surface area contributed by atoms with Gasteiger partial charge in [-0.1, -0.05) is 36.4 Å². The second-order valence-corrected chi connectivity index (χ2v) is 9.47. The molecule has 2 aromatic heterocycles. The predicted molar refractivity (Wildman–Crippen MR) is 131 cm³/mol. The van der Waals surface area contributed by atoms with E-state index in [0.717, 1.165) is 22.5 Å². The van der Waals surface area contributed by atoms with Crippen LogP contribution in [0.1, 0.15) is 44.1 Å². The smallest absolute Gasteiger partial charge is 0.270 e. The fourth-order valence-corrected chi connectivity index (χ4v) is 5.13. The highest BCUT2D eigenvalue weighted by atomic mass is 32.1. The van der Waals surface area contributed by atoms with Crippen LogP contribution >= 0.6 is 11.3 Å². The van der Waals surface area contributed by atoms with Gasteiger partial charge in [-0.2, -0.15) is 0 Å². The molecule has 0 saturated carbocycles. The molecule has 4 aromatic rings. The third kappa shape index (κ3) is 3.82.